The van der Waals surface area contributed by atoms with Crippen LogP contribution in [0.25, 0.3) is 0 Å². The van der Waals surface area contributed by atoms with E-state index in [2.05, 4.69) is 0 Å². The molecule has 1 aliphatic heterocycles. The van der Waals surface area contributed by atoms with E-state index in [0.717, 1.165) is 18.5 Å². The first-order chi connectivity index (χ1) is 11.4. The van der Waals surface area contributed by atoms with Gasteiger partial charge in [0.05, 0.1) is 18.5 Å². The Morgan fingerprint density at radius 1 is 1.38 bits per heavy atom. The number of aliphatic carboxylic acids is 1. The van der Waals surface area contributed by atoms with Crippen LogP contribution < -0.4 is 0 Å². The van der Waals surface area contributed by atoms with Gasteiger partial charge in [0.15, 0.2) is 0 Å². The standard InChI is InChI=1S/C18H25FN2O3/c1-3-21(13(2)14-6-8-16(19)9-7-14)17(22)12-20-10-4-5-15(11-20)18(23)24/h6-9,13,15H,3-5,10-12H2,1-2H3,(H,23,24). The highest BCUT2D eigenvalue weighted by Gasteiger charge is 2.28. The van der Waals surface area contributed by atoms with E-state index in [-0.39, 0.29) is 24.3 Å². The number of piperidine rings is 1. The Labute approximate surface area is 142 Å². The van der Waals surface area contributed by atoms with Crippen LogP contribution in [0.15, 0.2) is 24.3 Å². The summed E-state index contributed by atoms with van der Waals surface area (Å²) in [6.07, 6.45) is 1.47. The Hall–Kier alpha value is -1.95. The zero-order valence-electron chi connectivity index (χ0n) is 14.2. The highest BCUT2D eigenvalue weighted by molar-refractivity contribution is 5.79. The van der Waals surface area contributed by atoms with Gasteiger partial charge in [-0.25, -0.2) is 4.39 Å². The maximum atomic E-state index is 13.1. The number of rotatable bonds is 6. The number of hydrogen-bond donors (Lipinski definition) is 1. The summed E-state index contributed by atoms with van der Waals surface area (Å²) in [4.78, 5) is 27.5. The van der Waals surface area contributed by atoms with Crippen molar-refractivity contribution in [2.45, 2.75) is 32.7 Å². The number of hydrogen-bond acceptors (Lipinski definition) is 3. The molecule has 24 heavy (non-hydrogen) atoms. The van der Waals surface area contributed by atoms with E-state index >= 15 is 0 Å². The quantitative estimate of drug-likeness (QED) is 0.867. The molecule has 0 radical (unpaired) electrons. The van der Waals surface area contributed by atoms with Crippen LogP contribution in [0, 0.1) is 11.7 Å². The third kappa shape index (κ3) is 4.54. The van der Waals surface area contributed by atoms with Crippen molar-refractivity contribution < 1.29 is 19.1 Å². The second-order valence-corrected chi connectivity index (χ2v) is 6.32. The number of likely N-dealkylation sites (tertiary alicyclic amines) is 1. The van der Waals surface area contributed by atoms with Crippen molar-refractivity contribution >= 4 is 11.9 Å². The molecule has 1 N–H and O–H groups in total. The molecular weight excluding hydrogens is 311 g/mol. The fraction of sp³-hybridized carbons (Fsp3) is 0.556. The minimum absolute atomic E-state index is 0.0274. The van der Waals surface area contributed by atoms with Crippen molar-refractivity contribution in [1.82, 2.24) is 9.80 Å². The maximum absolute atomic E-state index is 13.1. The summed E-state index contributed by atoms with van der Waals surface area (Å²) in [5, 5.41) is 9.15. The van der Waals surface area contributed by atoms with Gasteiger partial charge in [-0.1, -0.05) is 12.1 Å². The van der Waals surface area contributed by atoms with Crippen molar-refractivity contribution in [3.63, 3.8) is 0 Å². The molecule has 132 valence electrons. The van der Waals surface area contributed by atoms with E-state index in [1.54, 1.807) is 17.0 Å². The van der Waals surface area contributed by atoms with Crippen LogP contribution in [-0.2, 0) is 9.59 Å². The summed E-state index contributed by atoms with van der Waals surface area (Å²) in [5.41, 5.74) is 0.883. The van der Waals surface area contributed by atoms with Crippen molar-refractivity contribution in [1.29, 1.82) is 0 Å². The zero-order chi connectivity index (χ0) is 17.7. The topological polar surface area (TPSA) is 60.9 Å². The van der Waals surface area contributed by atoms with Crippen LogP contribution in [0.3, 0.4) is 0 Å². The van der Waals surface area contributed by atoms with Crippen molar-refractivity contribution in [3.05, 3.63) is 35.6 Å². The molecule has 2 unspecified atom stereocenters. The lowest BCUT2D eigenvalue weighted by molar-refractivity contribution is -0.145. The molecule has 5 nitrogen and oxygen atoms in total. The molecule has 0 aliphatic carbocycles. The molecule has 1 aromatic carbocycles. The van der Waals surface area contributed by atoms with Gasteiger partial charge in [0, 0.05) is 13.1 Å². The molecule has 0 saturated carbocycles. The number of nitrogens with zero attached hydrogens (tertiary/aromatic N) is 2. The minimum Gasteiger partial charge on any atom is -0.481 e. The fourth-order valence-electron chi connectivity index (χ4n) is 3.27. The first-order valence-corrected chi connectivity index (χ1v) is 8.42. The van der Waals surface area contributed by atoms with Gasteiger partial charge in [-0.15, -0.1) is 0 Å². The highest BCUT2D eigenvalue weighted by atomic mass is 19.1. The molecule has 1 fully saturated rings. The Balaban J connectivity index is 2.00. The van der Waals surface area contributed by atoms with Gasteiger partial charge < -0.3 is 10.0 Å². The van der Waals surface area contributed by atoms with E-state index < -0.39 is 11.9 Å². The van der Waals surface area contributed by atoms with Gasteiger partial charge >= 0.3 is 5.97 Å². The molecule has 1 aliphatic rings. The molecule has 0 aromatic heterocycles. The summed E-state index contributed by atoms with van der Waals surface area (Å²) in [7, 11) is 0. The number of halogens is 1. The van der Waals surface area contributed by atoms with E-state index in [4.69, 9.17) is 5.11 Å². The Kier molecular flexibility index (Phi) is 6.31. The largest absolute Gasteiger partial charge is 0.481 e. The third-order valence-corrected chi connectivity index (χ3v) is 4.69. The number of carboxylic acids is 1. The smallest absolute Gasteiger partial charge is 0.307 e. The molecule has 1 saturated heterocycles. The van der Waals surface area contributed by atoms with Crippen LogP contribution in [0.1, 0.15) is 38.3 Å². The number of carboxylic acid groups (broad SMARTS) is 1. The van der Waals surface area contributed by atoms with Crippen LogP contribution in [-0.4, -0.2) is 53.0 Å². The lowest BCUT2D eigenvalue weighted by atomic mass is 9.98. The van der Waals surface area contributed by atoms with Crippen LogP contribution in [0.4, 0.5) is 4.39 Å². The third-order valence-electron chi connectivity index (χ3n) is 4.69. The van der Waals surface area contributed by atoms with Gasteiger partial charge in [0.1, 0.15) is 5.82 Å². The number of benzene rings is 1. The summed E-state index contributed by atoms with van der Waals surface area (Å²) in [6.45, 7) is 5.78. The Bertz CT molecular complexity index is 576. The second-order valence-electron chi connectivity index (χ2n) is 6.32. The van der Waals surface area contributed by atoms with Gasteiger partial charge in [0.25, 0.3) is 0 Å². The fourth-order valence-corrected chi connectivity index (χ4v) is 3.27. The number of amides is 1. The van der Waals surface area contributed by atoms with Crippen molar-refractivity contribution in [2.75, 3.05) is 26.2 Å². The average molecular weight is 336 g/mol. The molecular formula is C18H25FN2O3. The summed E-state index contributed by atoms with van der Waals surface area (Å²) in [5.74, 6) is -1.51. The first kappa shape index (κ1) is 18.4. The molecule has 0 spiro atoms. The van der Waals surface area contributed by atoms with Crippen molar-refractivity contribution in [3.8, 4) is 0 Å². The van der Waals surface area contributed by atoms with Crippen LogP contribution >= 0.6 is 0 Å². The highest BCUT2D eigenvalue weighted by Crippen LogP contribution is 2.22. The normalized spacial score (nSPS) is 19.7. The van der Waals surface area contributed by atoms with Crippen LogP contribution in [0.2, 0.25) is 0 Å². The van der Waals surface area contributed by atoms with E-state index in [0.29, 0.717) is 19.5 Å². The predicted octanol–water partition coefficient (Wildman–Crippen LogP) is 2.53. The lowest BCUT2D eigenvalue weighted by Gasteiger charge is -2.34. The van der Waals surface area contributed by atoms with E-state index in [9.17, 15) is 14.0 Å². The molecule has 1 amide bonds. The molecule has 1 heterocycles. The number of carbonyl (C=O) groups excluding carboxylic acids is 1. The molecule has 1 aromatic rings. The second kappa shape index (κ2) is 8.24. The predicted molar refractivity (Wildman–Crippen MR) is 89.0 cm³/mol. The summed E-state index contributed by atoms with van der Waals surface area (Å²) >= 11 is 0. The van der Waals surface area contributed by atoms with Crippen LogP contribution in [0.5, 0.6) is 0 Å². The lowest BCUT2D eigenvalue weighted by Crippen LogP contribution is -2.46. The Morgan fingerprint density at radius 2 is 2.04 bits per heavy atom. The number of carbonyl (C=O) groups is 2. The first-order valence-electron chi connectivity index (χ1n) is 8.42. The molecule has 2 rings (SSSR count). The zero-order valence-corrected chi connectivity index (χ0v) is 14.2. The van der Waals surface area contributed by atoms with Crippen molar-refractivity contribution in [2.24, 2.45) is 5.92 Å². The van der Waals surface area contributed by atoms with E-state index in [1.807, 2.05) is 18.7 Å². The monoisotopic (exact) mass is 336 g/mol. The molecule has 0 bridgehead atoms. The average Bonchev–Trinajstić information content (AvgIpc) is 2.56. The minimum atomic E-state index is -0.792. The van der Waals surface area contributed by atoms with Gasteiger partial charge in [-0.05, 0) is 50.9 Å². The molecule has 6 heteroatoms. The van der Waals surface area contributed by atoms with Gasteiger partial charge in [-0.2, -0.15) is 0 Å². The molecule has 2 atom stereocenters. The maximum Gasteiger partial charge on any atom is 0.307 e. The summed E-state index contributed by atoms with van der Waals surface area (Å²) in [6, 6.07) is 6.02. The van der Waals surface area contributed by atoms with Gasteiger partial charge in [-0.3, -0.25) is 14.5 Å². The van der Waals surface area contributed by atoms with Gasteiger partial charge in [0.2, 0.25) is 5.91 Å². The SMILES string of the molecule is CCN(C(=O)CN1CCCC(C(=O)O)C1)C(C)c1ccc(F)cc1. The van der Waals surface area contributed by atoms with E-state index in [1.165, 1.54) is 12.1 Å². The summed E-state index contributed by atoms with van der Waals surface area (Å²) < 4.78 is 13.1. The number of likely N-dealkylation sites (N-methyl/N-ethyl adjacent to an activating group) is 1. The Morgan fingerprint density at radius 3 is 2.62 bits per heavy atom.